The summed E-state index contributed by atoms with van der Waals surface area (Å²) in [5.41, 5.74) is 2.63. The smallest absolute Gasteiger partial charge is 0.222 e. The van der Waals surface area contributed by atoms with E-state index in [0.29, 0.717) is 29.7 Å². The monoisotopic (exact) mass is 399 g/mol. The van der Waals surface area contributed by atoms with Gasteiger partial charge in [-0.15, -0.1) is 0 Å². The van der Waals surface area contributed by atoms with E-state index in [2.05, 4.69) is 27.2 Å². The second-order valence-electron chi connectivity index (χ2n) is 6.18. The molecule has 2 aromatic heterocycles. The summed E-state index contributed by atoms with van der Waals surface area (Å²) < 4.78 is 28.0. The van der Waals surface area contributed by atoms with Crippen LogP contribution in [0.15, 0.2) is 55.0 Å². The number of aromatic nitrogens is 3. The van der Waals surface area contributed by atoms with Crippen LogP contribution in [0.4, 0.5) is 5.95 Å². The minimum Gasteiger partial charge on any atom is -0.439 e. The first-order valence-electron chi connectivity index (χ1n) is 8.68. The van der Waals surface area contributed by atoms with Crippen LogP contribution in [0.2, 0.25) is 0 Å². The summed E-state index contributed by atoms with van der Waals surface area (Å²) >= 11 is 0. The fourth-order valence-electron chi connectivity index (χ4n) is 2.43. The molecule has 0 atom stereocenters. The third kappa shape index (κ3) is 6.00. The van der Waals surface area contributed by atoms with Gasteiger partial charge < -0.3 is 10.1 Å². The third-order valence-electron chi connectivity index (χ3n) is 3.88. The van der Waals surface area contributed by atoms with Gasteiger partial charge in [0, 0.05) is 31.2 Å². The van der Waals surface area contributed by atoms with Crippen LogP contribution in [-0.2, 0) is 28.7 Å². The van der Waals surface area contributed by atoms with E-state index in [0.717, 1.165) is 17.5 Å². The van der Waals surface area contributed by atoms with Crippen LogP contribution in [0, 0.1) is 0 Å². The Labute approximate surface area is 163 Å². The van der Waals surface area contributed by atoms with Crippen molar-refractivity contribution < 1.29 is 13.2 Å². The topological polar surface area (TPSA) is 120 Å². The Morgan fingerprint density at radius 1 is 1.00 bits per heavy atom. The van der Waals surface area contributed by atoms with Crippen molar-refractivity contribution in [2.24, 2.45) is 5.14 Å². The number of pyridine rings is 1. The van der Waals surface area contributed by atoms with Crippen molar-refractivity contribution in [2.75, 3.05) is 5.32 Å². The molecule has 0 amide bonds. The molecule has 0 saturated carbocycles. The first-order chi connectivity index (χ1) is 13.4. The Hall–Kier alpha value is -3.04. The second-order valence-corrected chi connectivity index (χ2v) is 7.79. The van der Waals surface area contributed by atoms with Gasteiger partial charge in [-0.1, -0.05) is 19.1 Å². The van der Waals surface area contributed by atoms with E-state index < -0.39 is 10.0 Å². The molecule has 3 N–H and O–H groups in total. The highest BCUT2D eigenvalue weighted by Crippen LogP contribution is 2.21. The standard InChI is InChI=1S/C19H21N5O3S/c1-2-14-10-22-19(23-11-14)24-12-16-7-8-21-18(9-16)27-17-5-3-15(4-6-17)13-28(20,25)26/h3-11H,2,12-13H2,1H3,(H2,20,25,26)(H,22,23,24). The van der Waals surface area contributed by atoms with E-state index in [1.54, 1.807) is 42.9 Å². The van der Waals surface area contributed by atoms with Crippen LogP contribution >= 0.6 is 0 Å². The fraction of sp³-hybridized carbons (Fsp3) is 0.211. The number of hydrogen-bond acceptors (Lipinski definition) is 7. The molecule has 0 aliphatic carbocycles. The normalized spacial score (nSPS) is 11.2. The van der Waals surface area contributed by atoms with Gasteiger partial charge in [-0.2, -0.15) is 0 Å². The molecule has 0 aliphatic rings. The molecule has 0 unspecified atom stereocenters. The van der Waals surface area contributed by atoms with Gasteiger partial charge in [0.1, 0.15) is 5.75 Å². The molecule has 0 radical (unpaired) electrons. The molecule has 3 aromatic rings. The molecule has 9 heteroatoms. The van der Waals surface area contributed by atoms with E-state index in [-0.39, 0.29) is 5.75 Å². The van der Waals surface area contributed by atoms with Gasteiger partial charge >= 0.3 is 0 Å². The number of nitrogens with one attached hydrogen (secondary N) is 1. The van der Waals surface area contributed by atoms with Crippen LogP contribution in [0.25, 0.3) is 0 Å². The van der Waals surface area contributed by atoms with Crippen molar-refractivity contribution >= 4 is 16.0 Å². The summed E-state index contributed by atoms with van der Waals surface area (Å²) in [6.07, 6.45) is 6.16. The van der Waals surface area contributed by atoms with E-state index in [1.807, 2.05) is 12.1 Å². The Morgan fingerprint density at radius 2 is 1.71 bits per heavy atom. The number of nitrogens with zero attached hydrogens (tertiary/aromatic N) is 3. The maximum atomic E-state index is 11.1. The molecule has 2 heterocycles. The molecule has 8 nitrogen and oxygen atoms in total. The number of benzene rings is 1. The summed E-state index contributed by atoms with van der Waals surface area (Å²) in [5.74, 6) is 1.32. The Bertz CT molecular complexity index is 1020. The van der Waals surface area contributed by atoms with Gasteiger partial charge in [0.2, 0.25) is 21.9 Å². The highest BCUT2D eigenvalue weighted by molar-refractivity contribution is 7.88. The molecule has 0 aliphatic heterocycles. The molecule has 28 heavy (non-hydrogen) atoms. The van der Waals surface area contributed by atoms with Crippen LogP contribution in [-0.4, -0.2) is 23.4 Å². The molecule has 0 saturated heterocycles. The molecule has 1 aromatic carbocycles. The van der Waals surface area contributed by atoms with Gasteiger partial charge in [-0.3, -0.25) is 0 Å². The van der Waals surface area contributed by atoms with Crippen molar-refractivity contribution in [3.8, 4) is 11.6 Å². The lowest BCUT2D eigenvalue weighted by Crippen LogP contribution is -2.14. The number of anilines is 1. The van der Waals surface area contributed by atoms with Gasteiger partial charge in [0.25, 0.3) is 0 Å². The quantitative estimate of drug-likeness (QED) is 0.597. The van der Waals surface area contributed by atoms with E-state index in [4.69, 9.17) is 9.88 Å². The van der Waals surface area contributed by atoms with Crippen LogP contribution in [0.3, 0.4) is 0 Å². The predicted molar refractivity (Wildman–Crippen MR) is 106 cm³/mol. The van der Waals surface area contributed by atoms with Gasteiger partial charge in [0.05, 0.1) is 5.75 Å². The predicted octanol–water partition coefficient (Wildman–Crippen LogP) is 2.63. The highest BCUT2D eigenvalue weighted by atomic mass is 32.2. The first kappa shape index (κ1) is 19.7. The molecule has 0 bridgehead atoms. The average molecular weight is 399 g/mol. The largest absolute Gasteiger partial charge is 0.439 e. The zero-order chi connectivity index (χ0) is 20.0. The van der Waals surface area contributed by atoms with Crippen LogP contribution in [0.5, 0.6) is 11.6 Å². The van der Waals surface area contributed by atoms with Gasteiger partial charge in [-0.25, -0.2) is 28.5 Å². The number of nitrogens with two attached hydrogens (primary N) is 1. The van der Waals surface area contributed by atoms with Crippen molar-refractivity contribution in [3.05, 3.63) is 71.7 Å². The summed E-state index contributed by atoms with van der Waals surface area (Å²) in [7, 11) is -3.56. The fourth-order valence-corrected chi connectivity index (χ4v) is 3.09. The zero-order valence-electron chi connectivity index (χ0n) is 15.4. The lowest BCUT2D eigenvalue weighted by molar-refractivity contribution is 0.462. The summed E-state index contributed by atoms with van der Waals surface area (Å²) in [5, 5.41) is 8.21. The number of hydrogen-bond donors (Lipinski definition) is 2. The van der Waals surface area contributed by atoms with E-state index >= 15 is 0 Å². The number of rotatable bonds is 8. The number of primary sulfonamides is 1. The van der Waals surface area contributed by atoms with Gasteiger partial charge in [-0.05, 0) is 41.3 Å². The Morgan fingerprint density at radius 3 is 2.36 bits per heavy atom. The number of sulfonamides is 1. The molecule has 0 fully saturated rings. The lowest BCUT2D eigenvalue weighted by Gasteiger charge is -2.08. The molecule has 146 valence electrons. The zero-order valence-corrected chi connectivity index (χ0v) is 16.2. The first-order valence-corrected chi connectivity index (χ1v) is 10.4. The average Bonchev–Trinajstić information content (AvgIpc) is 2.67. The van der Waals surface area contributed by atoms with Crippen LogP contribution in [0.1, 0.15) is 23.6 Å². The minimum absolute atomic E-state index is 0.214. The van der Waals surface area contributed by atoms with Crippen molar-refractivity contribution in [3.63, 3.8) is 0 Å². The molecular weight excluding hydrogens is 378 g/mol. The van der Waals surface area contributed by atoms with Crippen molar-refractivity contribution in [2.45, 2.75) is 25.6 Å². The minimum atomic E-state index is -3.56. The maximum Gasteiger partial charge on any atom is 0.222 e. The van der Waals surface area contributed by atoms with E-state index in [1.165, 1.54) is 0 Å². The highest BCUT2D eigenvalue weighted by Gasteiger charge is 2.06. The maximum absolute atomic E-state index is 11.1. The summed E-state index contributed by atoms with van der Waals surface area (Å²) in [6, 6.07) is 10.3. The second kappa shape index (κ2) is 8.77. The lowest BCUT2D eigenvalue weighted by atomic mass is 10.2. The number of aryl methyl sites for hydroxylation is 1. The van der Waals surface area contributed by atoms with Crippen LogP contribution < -0.4 is 15.2 Å². The Balaban J connectivity index is 1.61. The van der Waals surface area contributed by atoms with E-state index in [9.17, 15) is 8.42 Å². The third-order valence-corrected chi connectivity index (χ3v) is 4.61. The molecular formula is C19H21N5O3S. The molecule has 0 spiro atoms. The van der Waals surface area contributed by atoms with Gasteiger partial charge in [0.15, 0.2) is 0 Å². The van der Waals surface area contributed by atoms with Crippen molar-refractivity contribution in [1.82, 2.24) is 15.0 Å². The number of ether oxygens (including phenoxy) is 1. The van der Waals surface area contributed by atoms with Crippen molar-refractivity contribution in [1.29, 1.82) is 0 Å². The summed E-state index contributed by atoms with van der Waals surface area (Å²) in [6.45, 7) is 2.58. The summed E-state index contributed by atoms with van der Waals surface area (Å²) in [4.78, 5) is 12.7. The SMILES string of the molecule is CCc1cnc(NCc2ccnc(Oc3ccc(CS(N)(=O)=O)cc3)c2)nc1. The Kier molecular flexibility index (Phi) is 6.17. The molecule has 3 rings (SSSR count).